The molecule has 128 valence electrons. The number of sulfonamides is 1. The lowest BCUT2D eigenvalue weighted by Gasteiger charge is -2.15. The molecule has 2 N–H and O–H groups in total. The van der Waals surface area contributed by atoms with Gasteiger partial charge in [0.2, 0.25) is 10.0 Å². The lowest BCUT2D eigenvalue weighted by molar-refractivity contribution is 0.0940. The molecule has 0 unspecified atom stereocenters. The van der Waals surface area contributed by atoms with Crippen LogP contribution in [-0.4, -0.2) is 20.1 Å². The highest BCUT2D eigenvalue weighted by atomic mass is 32.2. The van der Waals surface area contributed by atoms with Crippen LogP contribution < -0.4 is 10.0 Å². The molecule has 0 bridgehead atoms. The van der Waals surface area contributed by atoms with Crippen LogP contribution in [0.1, 0.15) is 41.4 Å². The molecule has 0 spiro atoms. The molecule has 0 aliphatic carbocycles. The molecule has 0 aliphatic heterocycles. The van der Waals surface area contributed by atoms with E-state index in [4.69, 9.17) is 0 Å². The third-order valence-electron chi connectivity index (χ3n) is 3.73. The molecular formula is C18H22N2O3S. The predicted molar refractivity (Wildman–Crippen MR) is 96.6 cm³/mol. The van der Waals surface area contributed by atoms with Crippen LogP contribution in [-0.2, 0) is 10.0 Å². The summed E-state index contributed by atoms with van der Waals surface area (Å²) in [5, 5.41) is 2.93. The minimum absolute atomic E-state index is 0.00328. The Bertz CT molecular complexity index is 797. The standard InChI is InChI=1S/C18H22N2O3S/c1-4-24(22,23)20-17-11-9-16(10-12-17)18(21)19-14(3)15-7-5-13(2)6-8-15/h5-12,14,20H,4H2,1-3H3,(H,19,21)/t14-/m0/s1. The van der Waals surface area contributed by atoms with Crippen molar-refractivity contribution in [3.63, 3.8) is 0 Å². The zero-order valence-electron chi connectivity index (χ0n) is 14.0. The smallest absolute Gasteiger partial charge is 0.251 e. The van der Waals surface area contributed by atoms with Crippen molar-refractivity contribution in [2.45, 2.75) is 26.8 Å². The number of nitrogens with one attached hydrogen (secondary N) is 2. The molecular weight excluding hydrogens is 324 g/mol. The lowest BCUT2D eigenvalue weighted by atomic mass is 10.1. The van der Waals surface area contributed by atoms with E-state index in [1.165, 1.54) is 5.56 Å². The molecule has 0 radical (unpaired) electrons. The first-order chi connectivity index (χ1) is 11.3. The Morgan fingerprint density at radius 3 is 2.17 bits per heavy atom. The fourth-order valence-corrected chi connectivity index (χ4v) is 2.80. The van der Waals surface area contributed by atoms with Crippen molar-refractivity contribution in [1.29, 1.82) is 0 Å². The Morgan fingerprint density at radius 1 is 1.04 bits per heavy atom. The van der Waals surface area contributed by atoms with Crippen LogP contribution in [0.5, 0.6) is 0 Å². The molecule has 0 fully saturated rings. The number of hydrogen-bond donors (Lipinski definition) is 2. The summed E-state index contributed by atoms with van der Waals surface area (Å²) in [6.07, 6.45) is 0. The molecule has 0 saturated carbocycles. The number of amides is 1. The maximum atomic E-state index is 12.3. The highest BCUT2D eigenvalue weighted by molar-refractivity contribution is 7.92. The Kier molecular flexibility index (Phi) is 5.62. The van der Waals surface area contributed by atoms with E-state index >= 15 is 0 Å². The third kappa shape index (κ3) is 4.83. The molecule has 2 aromatic carbocycles. The second-order valence-electron chi connectivity index (χ2n) is 5.69. The van der Waals surface area contributed by atoms with Gasteiger partial charge in [0.15, 0.2) is 0 Å². The molecule has 1 amide bonds. The molecule has 0 aromatic heterocycles. The van der Waals surface area contributed by atoms with Gasteiger partial charge in [-0.3, -0.25) is 9.52 Å². The Labute approximate surface area is 143 Å². The van der Waals surface area contributed by atoms with Gasteiger partial charge in [-0.1, -0.05) is 29.8 Å². The van der Waals surface area contributed by atoms with Gasteiger partial charge in [-0.15, -0.1) is 0 Å². The van der Waals surface area contributed by atoms with Gasteiger partial charge in [0, 0.05) is 11.3 Å². The number of carbonyl (C=O) groups excluding carboxylic acids is 1. The molecule has 2 rings (SSSR count). The zero-order valence-corrected chi connectivity index (χ0v) is 14.9. The van der Waals surface area contributed by atoms with Crippen LogP contribution in [0.3, 0.4) is 0 Å². The van der Waals surface area contributed by atoms with Crippen molar-refractivity contribution >= 4 is 21.6 Å². The Balaban J connectivity index is 2.03. The first-order valence-corrected chi connectivity index (χ1v) is 9.44. The minimum atomic E-state index is -3.31. The minimum Gasteiger partial charge on any atom is -0.346 e. The highest BCUT2D eigenvalue weighted by Crippen LogP contribution is 2.15. The van der Waals surface area contributed by atoms with Crippen LogP contribution >= 0.6 is 0 Å². The predicted octanol–water partition coefficient (Wildman–Crippen LogP) is 3.25. The van der Waals surface area contributed by atoms with Crippen LogP contribution in [0.25, 0.3) is 0 Å². The van der Waals surface area contributed by atoms with Crippen LogP contribution in [0.15, 0.2) is 48.5 Å². The van der Waals surface area contributed by atoms with Gasteiger partial charge in [0.05, 0.1) is 11.8 Å². The summed E-state index contributed by atoms with van der Waals surface area (Å²) >= 11 is 0. The van der Waals surface area contributed by atoms with Gasteiger partial charge in [0.25, 0.3) is 5.91 Å². The normalized spacial score (nSPS) is 12.5. The number of anilines is 1. The first-order valence-electron chi connectivity index (χ1n) is 7.78. The molecule has 2 aromatic rings. The summed E-state index contributed by atoms with van der Waals surface area (Å²) in [4.78, 5) is 12.3. The SMILES string of the molecule is CCS(=O)(=O)Nc1ccc(C(=O)N[C@@H](C)c2ccc(C)cc2)cc1. The van der Waals surface area contributed by atoms with E-state index < -0.39 is 10.0 Å². The number of rotatable bonds is 6. The highest BCUT2D eigenvalue weighted by Gasteiger charge is 2.12. The Hall–Kier alpha value is -2.34. The van der Waals surface area contributed by atoms with E-state index in [0.717, 1.165) is 5.56 Å². The van der Waals surface area contributed by atoms with Crippen LogP contribution in [0.2, 0.25) is 0 Å². The summed E-state index contributed by atoms with van der Waals surface area (Å²) in [5.41, 5.74) is 3.12. The summed E-state index contributed by atoms with van der Waals surface area (Å²) in [7, 11) is -3.31. The molecule has 0 aliphatic rings. The van der Waals surface area contributed by atoms with Crippen molar-refractivity contribution in [3.8, 4) is 0 Å². The van der Waals surface area contributed by atoms with E-state index in [1.807, 2.05) is 38.1 Å². The molecule has 1 atom stereocenters. The lowest BCUT2D eigenvalue weighted by Crippen LogP contribution is -2.26. The van der Waals surface area contributed by atoms with Gasteiger partial charge in [-0.05, 0) is 50.6 Å². The molecule has 24 heavy (non-hydrogen) atoms. The first kappa shape index (κ1) is 18.0. The van der Waals surface area contributed by atoms with E-state index in [2.05, 4.69) is 10.0 Å². The second-order valence-corrected chi connectivity index (χ2v) is 7.70. The third-order valence-corrected chi connectivity index (χ3v) is 5.03. The number of aryl methyl sites for hydroxylation is 1. The largest absolute Gasteiger partial charge is 0.346 e. The van der Waals surface area contributed by atoms with Gasteiger partial charge in [-0.2, -0.15) is 0 Å². The van der Waals surface area contributed by atoms with Crippen molar-refractivity contribution in [2.75, 3.05) is 10.5 Å². The van der Waals surface area contributed by atoms with E-state index in [9.17, 15) is 13.2 Å². The summed E-state index contributed by atoms with van der Waals surface area (Å²) in [6, 6.07) is 14.2. The zero-order chi connectivity index (χ0) is 17.7. The average molecular weight is 346 g/mol. The van der Waals surface area contributed by atoms with Gasteiger partial charge < -0.3 is 5.32 Å². The number of benzene rings is 2. The second kappa shape index (κ2) is 7.49. The molecule has 5 nitrogen and oxygen atoms in total. The van der Waals surface area contributed by atoms with E-state index in [1.54, 1.807) is 31.2 Å². The summed E-state index contributed by atoms with van der Waals surface area (Å²) in [5.74, 6) is -0.198. The quantitative estimate of drug-likeness (QED) is 0.843. The van der Waals surface area contributed by atoms with Gasteiger partial charge >= 0.3 is 0 Å². The maximum Gasteiger partial charge on any atom is 0.251 e. The molecule has 6 heteroatoms. The van der Waals surface area contributed by atoms with E-state index in [0.29, 0.717) is 11.3 Å². The van der Waals surface area contributed by atoms with Crippen molar-refractivity contribution in [1.82, 2.24) is 5.32 Å². The number of hydrogen-bond acceptors (Lipinski definition) is 3. The van der Waals surface area contributed by atoms with Crippen LogP contribution in [0.4, 0.5) is 5.69 Å². The average Bonchev–Trinajstić information content (AvgIpc) is 2.55. The molecule has 0 saturated heterocycles. The van der Waals surface area contributed by atoms with Gasteiger partial charge in [-0.25, -0.2) is 8.42 Å². The summed E-state index contributed by atoms with van der Waals surface area (Å²) in [6.45, 7) is 5.50. The summed E-state index contributed by atoms with van der Waals surface area (Å²) < 4.78 is 25.5. The number of carbonyl (C=O) groups is 1. The van der Waals surface area contributed by atoms with Crippen molar-refractivity contribution in [2.24, 2.45) is 0 Å². The van der Waals surface area contributed by atoms with E-state index in [-0.39, 0.29) is 17.7 Å². The molecule has 0 heterocycles. The van der Waals surface area contributed by atoms with Crippen LogP contribution in [0, 0.1) is 6.92 Å². The van der Waals surface area contributed by atoms with Crippen molar-refractivity contribution in [3.05, 3.63) is 65.2 Å². The fraction of sp³-hybridized carbons (Fsp3) is 0.278. The Morgan fingerprint density at radius 2 is 1.62 bits per heavy atom. The maximum absolute atomic E-state index is 12.3. The fourth-order valence-electron chi connectivity index (χ4n) is 2.16. The topological polar surface area (TPSA) is 75.3 Å². The van der Waals surface area contributed by atoms with Gasteiger partial charge in [0.1, 0.15) is 0 Å². The monoisotopic (exact) mass is 346 g/mol. The van der Waals surface area contributed by atoms with Crippen molar-refractivity contribution < 1.29 is 13.2 Å².